The Morgan fingerprint density at radius 3 is 2.58 bits per heavy atom. The van der Waals surface area contributed by atoms with E-state index in [1.165, 1.54) is 0 Å². The first-order valence-corrected chi connectivity index (χ1v) is 10.7. The van der Waals surface area contributed by atoms with Gasteiger partial charge in [-0.1, -0.05) is 31.1 Å². The number of benzene rings is 1. The molecule has 2 aromatic rings. The summed E-state index contributed by atoms with van der Waals surface area (Å²) in [5, 5.41) is 13.8. The number of likely N-dealkylation sites (tertiary alicyclic amines) is 1. The monoisotopic (exact) mass is 540 g/mol. The SMILES string of the molecule is CCc1noc(CC)c1CNC(=NC)NCc1cccc(NC(=O)N2CCCC2)c1.I. The van der Waals surface area contributed by atoms with Crippen LogP contribution in [0.1, 0.15) is 49.3 Å². The minimum Gasteiger partial charge on any atom is -0.361 e. The van der Waals surface area contributed by atoms with E-state index in [-0.39, 0.29) is 30.0 Å². The molecule has 8 nitrogen and oxygen atoms in total. The Hall–Kier alpha value is -2.30. The van der Waals surface area contributed by atoms with Crippen molar-refractivity contribution in [2.24, 2.45) is 4.99 Å². The molecule has 31 heavy (non-hydrogen) atoms. The third-order valence-corrected chi connectivity index (χ3v) is 5.29. The van der Waals surface area contributed by atoms with E-state index >= 15 is 0 Å². The third kappa shape index (κ3) is 6.84. The Kier molecular flexibility index (Phi) is 10.1. The minimum absolute atomic E-state index is 0. The van der Waals surface area contributed by atoms with Crippen LogP contribution in [0.4, 0.5) is 10.5 Å². The predicted octanol–water partition coefficient (Wildman–Crippen LogP) is 3.91. The molecule has 1 aliphatic heterocycles. The van der Waals surface area contributed by atoms with Gasteiger partial charge in [0.05, 0.1) is 5.69 Å². The number of aromatic nitrogens is 1. The Balaban J connectivity index is 0.00000341. The summed E-state index contributed by atoms with van der Waals surface area (Å²) >= 11 is 0. The number of anilines is 1. The Morgan fingerprint density at radius 1 is 1.16 bits per heavy atom. The largest absolute Gasteiger partial charge is 0.361 e. The zero-order valence-corrected chi connectivity index (χ0v) is 20.9. The summed E-state index contributed by atoms with van der Waals surface area (Å²) in [6.07, 6.45) is 3.81. The lowest BCUT2D eigenvalue weighted by atomic mass is 10.1. The van der Waals surface area contributed by atoms with E-state index in [0.717, 1.165) is 67.0 Å². The summed E-state index contributed by atoms with van der Waals surface area (Å²) in [5.41, 5.74) is 3.95. The molecule has 0 radical (unpaired) electrons. The van der Waals surface area contributed by atoms with Crippen LogP contribution >= 0.6 is 24.0 Å². The molecule has 1 aromatic heterocycles. The highest BCUT2D eigenvalue weighted by Gasteiger charge is 2.18. The maximum atomic E-state index is 12.3. The molecule has 3 N–H and O–H groups in total. The molecule has 1 saturated heterocycles. The highest BCUT2D eigenvalue weighted by Crippen LogP contribution is 2.16. The number of nitrogens with one attached hydrogen (secondary N) is 3. The molecule has 0 aliphatic carbocycles. The first kappa shape index (κ1) is 25.0. The molecule has 1 aromatic carbocycles. The van der Waals surface area contributed by atoms with Gasteiger partial charge in [0.15, 0.2) is 5.96 Å². The summed E-state index contributed by atoms with van der Waals surface area (Å²) in [6.45, 7) is 7.01. The quantitative estimate of drug-likeness (QED) is 0.281. The number of nitrogens with zero attached hydrogens (tertiary/aromatic N) is 3. The summed E-state index contributed by atoms with van der Waals surface area (Å²) in [5.74, 6) is 1.61. The lowest BCUT2D eigenvalue weighted by Gasteiger charge is -2.17. The van der Waals surface area contributed by atoms with Crippen LogP contribution in [0.5, 0.6) is 0 Å². The van der Waals surface area contributed by atoms with E-state index in [2.05, 4.69) is 39.9 Å². The van der Waals surface area contributed by atoms with Crippen LogP contribution in [0.3, 0.4) is 0 Å². The number of aryl methyl sites for hydroxylation is 2. The lowest BCUT2D eigenvalue weighted by Crippen LogP contribution is -2.36. The van der Waals surface area contributed by atoms with E-state index in [4.69, 9.17) is 4.52 Å². The zero-order valence-electron chi connectivity index (χ0n) is 18.5. The van der Waals surface area contributed by atoms with Gasteiger partial charge >= 0.3 is 6.03 Å². The van der Waals surface area contributed by atoms with E-state index in [9.17, 15) is 4.79 Å². The number of aliphatic imine (C=N–C) groups is 1. The van der Waals surface area contributed by atoms with Crippen molar-refractivity contribution in [1.82, 2.24) is 20.7 Å². The van der Waals surface area contributed by atoms with Crippen molar-refractivity contribution in [3.05, 3.63) is 46.8 Å². The fourth-order valence-corrected chi connectivity index (χ4v) is 3.60. The number of halogens is 1. The minimum atomic E-state index is -0.0257. The maximum absolute atomic E-state index is 12.3. The van der Waals surface area contributed by atoms with E-state index in [0.29, 0.717) is 19.0 Å². The van der Waals surface area contributed by atoms with Crippen molar-refractivity contribution >= 4 is 41.7 Å². The highest BCUT2D eigenvalue weighted by molar-refractivity contribution is 14.0. The Morgan fingerprint density at radius 2 is 1.90 bits per heavy atom. The molecular formula is C22H33IN6O2. The normalized spacial score (nSPS) is 13.6. The number of urea groups is 1. The molecule has 0 unspecified atom stereocenters. The number of hydrogen-bond donors (Lipinski definition) is 3. The summed E-state index contributed by atoms with van der Waals surface area (Å²) in [7, 11) is 1.75. The number of amides is 2. The summed E-state index contributed by atoms with van der Waals surface area (Å²) in [4.78, 5) is 18.5. The standard InChI is InChI=1S/C22H32N6O2.HI/c1-4-19-18(20(5-2)30-27-19)15-25-21(23-3)24-14-16-9-8-10-17(13-16)26-22(29)28-11-6-7-12-28;/h8-10,13H,4-7,11-12,14-15H2,1-3H3,(H,26,29)(H2,23,24,25);1H. The van der Waals surface area contributed by atoms with Gasteiger partial charge in [-0.3, -0.25) is 4.99 Å². The van der Waals surface area contributed by atoms with Crippen molar-refractivity contribution in [1.29, 1.82) is 0 Å². The molecule has 2 amide bonds. The van der Waals surface area contributed by atoms with Crippen LogP contribution in [-0.2, 0) is 25.9 Å². The number of carbonyl (C=O) groups excluding carboxylic acids is 1. The van der Waals surface area contributed by atoms with Gasteiger partial charge in [0, 0.05) is 50.9 Å². The van der Waals surface area contributed by atoms with Gasteiger partial charge in [0.2, 0.25) is 0 Å². The molecular weight excluding hydrogens is 507 g/mol. The van der Waals surface area contributed by atoms with Crippen LogP contribution in [0.2, 0.25) is 0 Å². The molecule has 170 valence electrons. The molecule has 0 bridgehead atoms. The molecule has 1 fully saturated rings. The highest BCUT2D eigenvalue weighted by atomic mass is 127. The fourth-order valence-electron chi connectivity index (χ4n) is 3.60. The summed E-state index contributed by atoms with van der Waals surface area (Å²) in [6, 6.07) is 7.84. The van der Waals surface area contributed by atoms with Crippen LogP contribution < -0.4 is 16.0 Å². The number of carbonyl (C=O) groups is 1. The second-order valence-corrected chi connectivity index (χ2v) is 7.34. The van der Waals surface area contributed by atoms with E-state index in [1.54, 1.807) is 7.05 Å². The van der Waals surface area contributed by atoms with Crippen molar-refractivity contribution in [3.8, 4) is 0 Å². The number of rotatable bonds is 7. The fraction of sp³-hybridized carbons (Fsp3) is 0.500. The Bertz CT molecular complexity index is 855. The molecule has 0 spiro atoms. The van der Waals surface area contributed by atoms with Gasteiger partial charge in [-0.05, 0) is 37.0 Å². The first-order chi connectivity index (χ1) is 14.6. The zero-order chi connectivity index (χ0) is 21.3. The lowest BCUT2D eigenvalue weighted by molar-refractivity contribution is 0.222. The number of hydrogen-bond acceptors (Lipinski definition) is 4. The average molecular weight is 540 g/mol. The molecule has 0 atom stereocenters. The van der Waals surface area contributed by atoms with Gasteiger partial charge in [0.1, 0.15) is 5.76 Å². The third-order valence-electron chi connectivity index (χ3n) is 5.29. The van der Waals surface area contributed by atoms with Gasteiger partial charge < -0.3 is 25.4 Å². The van der Waals surface area contributed by atoms with Crippen LogP contribution in [0, 0.1) is 0 Å². The molecule has 1 aliphatic rings. The molecule has 2 heterocycles. The van der Waals surface area contributed by atoms with Gasteiger partial charge in [-0.15, -0.1) is 24.0 Å². The number of guanidine groups is 1. The second kappa shape index (κ2) is 12.5. The molecule has 3 rings (SSSR count). The summed E-state index contributed by atoms with van der Waals surface area (Å²) < 4.78 is 5.42. The van der Waals surface area contributed by atoms with Crippen molar-refractivity contribution < 1.29 is 9.32 Å². The average Bonchev–Trinajstić information content (AvgIpc) is 3.44. The van der Waals surface area contributed by atoms with Gasteiger partial charge in [-0.2, -0.15) is 0 Å². The smallest absolute Gasteiger partial charge is 0.321 e. The van der Waals surface area contributed by atoms with E-state index in [1.807, 2.05) is 29.2 Å². The first-order valence-electron chi connectivity index (χ1n) is 10.7. The van der Waals surface area contributed by atoms with Crippen LogP contribution in [0.15, 0.2) is 33.8 Å². The maximum Gasteiger partial charge on any atom is 0.321 e. The van der Waals surface area contributed by atoms with Crippen LogP contribution in [-0.4, -0.2) is 42.2 Å². The van der Waals surface area contributed by atoms with Crippen molar-refractivity contribution in [2.45, 2.75) is 52.6 Å². The van der Waals surface area contributed by atoms with Crippen LogP contribution in [0.25, 0.3) is 0 Å². The van der Waals surface area contributed by atoms with Gasteiger partial charge in [0.25, 0.3) is 0 Å². The van der Waals surface area contributed by atoms with Crippen molar-refractivity contribution in [3.63, 3.8) is 0 Å². The van der Waals surface area contributed by atoms with Gasteiger partial charge in [-0.25, -0.2) is 4.79 Å². The second-order valence-electron chi connectivity index (χ2n) is 7.34. The van der Waals surface area contributed by atoms with E-state index < -0.39 is 0 Å². The van der Waals surface area contributed by atoms with Crippen molar-refractivity contribution in [2.75, 3.05) is 25.5 Å². The Labute approximate surface area is 201 Å². The topological polar surface area (TPSA) is 94.8 Å². The molecule has 9 heteroatoms. The predicted molar refractivity (Wildman–Crippen MR) is 134 cm³/mol. The molecule has 0 saturated carbocycles.